The van der Waals surface area contributed by atoms with E-state index in [4.69, 9.17) is 10.8 Å². The van der Waals surface area contributed by atoms with E-state index in [0.29, 0.717) is 5.56 Å². The molecule has 0 saturated heterocycles. The van der Waals surface area contributed by atoms with Gasteiger partial charge in [-0.05, 0) is 29.8 Å². The van der Waals surface area contributed by atoms with Crippen LogP contribution in [0.2, 0.25) is 0 Å². The number of carbonyl (C=O) groups is 1. The number of nitrogen functional groups attached to an aromatic ring is 1. The number of anilines is 1. The first-order valence-corrected chi connectivity index (χ1v) is 5.40. The van der Waals surface area contributed by atoms with Crippen LogP contribution >= 0.6 is 0 Å². The molecule has 0 aromatic heterocycles. The smallest absolute Gasteiger partial charge is 0.335 e. The summed E-state index contributed by atoms with van der Waals surface area (Å²) in [4.78, 5) is 10.2. The highest BCUT2D eigenvalue weighted by atomic mass is 16.4. The Kier molecular flexibility index (Phi) is 5.19. The predicted octanol–water partition coefficient (Wildman–Crippen LogP) is 3.30. The average Bonchev–Trinajstić information content (AvgIpc) is 2.41. The Morgan fingerprint density at radius 1 is 1.06 bits per heavy atom. The van der Waals surface area contributed by atoms with Crippen LogP contribution < -0.4 is 5.73 Å². The largest absolute Gasteiger partial charge is 0.478 e. The van der Waals surface area contributed by atoms with Gasteiger partial charge >= 0.3 is 5.97 Å². The first-order valence-electron chi connectivity index (χ1n) is 5.40. The highest BCUT2D eigenvalue weighted by Crippen LogP contribution is 2.05. The highest BCUT2D eigenvalue weighted by molar-refractivity contribution is 5.87. The summed E-state index contributed by atoms with van der Waals surface area (Å²) in [6.07, 6.45) is 1.79. The molecule has 0 fully saturated rings. The molecule has 3 nitrogen and oxygen atoms in total. The van der Waals surface area contributed by atoms with E-state index in [9.17, 15) is 4.79 Å². The first-order chi connectivity index (χ1) is 8.63. The van der Waals surface area contributed by atoms with Gasteiger partial charge in [0.05, 0.1) is 5.56 Å². The zero-order chi connectivity index (χ0) is 13.4. The first kappa shape index (κ1) is 13.5. The molecule has 2 aromatic rings. The minimum Gasteiger partial charge on any atom is -0.478 e. The molecule has 0 radical (unpaired) electrons. The van der Waals surface area contributed by atoms with E-state index in [1.165, 1.54) is 0 Å². The molecule has 2 rings (SSSR count). The van der Waals surface area contributed by atoms with Gasteiger partial charge in [-0.3, -0.25) is 0 Å². The van der Waals surface area contributed by atoms with Gasteiger partial charge in [-0.2, -0.15) is 0 Å². The Hall–Kier alpha value is -2.55. The lowest BCUT2D eigenvalue weighted by molar-refractivity contribution is 0.0697. The number of hydrogen-bond acceptors (Lipinski definition) is 2. The van der Waals surface area contributed by atoms with E-state index in [2.05, 4.69) is 6.58 Å². The molecule has 92 valence electrons. The number of benzene rings is 2. The lowest BCUT2D eigenvalue weighted by Gasteiger charge is -1.91. The van der Waals surface area contributed by atoms with Crippen molar-refractivity contribution >= 4 is 17.7 Å². The Morgan fingerprint density at radius 2 is 1.61 bits per heavy atom. The second-order valence-corrected chi connectivity index (χ2v) is 3.54. The van der Waals surface area contributed by atoms with Crippen LogP contribution in [0.1, 0.15) is 15.9 Å². The molecule has 0 spiro atoms. The number of carboxylic acid groups (broad SMARTS) is 1. The van der Waals surface area contributed by atoms with Crippen molar-refractivity contribution in [3.05, 3.63) is 72.3 Å². The Morgan fingerprint density at radius 3 is 2.00 bits per heavy atom. The zero-order valence-electron chi connectivity index (χ0n) is 9.91. The topological polar surface area (TPSA) is 63.3 Å². The molecular formula is C15H15NO2. The summed E-state index contributed by atoms with van der Waals surface area (Å²) in [5.74, 6) is -0.879. The fourth-order valence-electron chi connectivity index (χ4n) is 1.21. The standard InChI is InChI=1S/C8H9N.C7H6O2/c1-2-7-3-5-8(9)6-4-7;8-7(9)6-4-2-1-3-5-6/h2-6H,1,9H2;1-5H,(H,8,9). The lowest BCUT2D eigenvalue weighted by atomic mass is 10.2. The lowest BCUT2D eigenvalue weighted by Crippen LogP contribution is -1.93. The second kappa shape index (κ2) is 6.91. The van der Waals surface area contributed by atoms with Gasteiger partial charge in [-0.15, -0.1) is 0 Å². The number of aromatic carboxylic acids is 1. The maximum Gasteiger partial charge on any atom is 0.335 e. The molecule has 0 heterocycles. The minimum atomic E-state index is -0.879. The van der Waals surface area contributed by atoms with Crippen molar-refractivity contribution in [3.8, 4) is 0 Å². The normalized spacial score (nSPS) is 8.89. The molecule has 0 saturated carbocycles. The highest BCUT2D eigenvalue weighted by Gasteiger charge is 1.96. The van der Waals surface area contributed by atoms with E-state index in [-0.39, 0.29) is 0 Å². The van der Waals surface area contributed by atoms with Crippen molar-refractivity contribution in [2.75, 3.05) is 5.73 Å². The quantitative estimate of drug-likeness (QED) is 0.793. The van der Waals surface area contributed by atoms with Crippen LogP contribution in [0, 0.1) is 0 Å². The van der Waals surface area contributed by atoms with Gasteiger partial charge in [0.25, 0.3) is 0 Å². The predicted molar refractivity (Wildman–Crippen MR) is 74.3 cm³/mol. The fourth-order valence-corrected chi connectivity index (χ4v) is 1.21. The van der Waals surface area contributed by atoms with Crippen LogP contribution in [-0.2, 0) is 0 Å². The van der Waals surface area contributed by atoms with Crippen LogP contribution in [0.3, 0.4) is 0 Å². The summed E-state index contributed by atoms with van der Waals surface area (Å²) in [5.41, 5.74) is 7.67. The van der Waals surface area contributed by atoms with Gasteiger partial charge in [0.15, 0.2) is 0 Å². The van der Waals surface area contributed by atoms with Crippen molar-refractivity contribution in [3.63, 3.8) is 0 Å². The van der Waals surface area contributed by atoms with E-state index < -0.39 is 5.97 Å². The van der Waals surface area contributed by atoms with Gasteiger partial charge in [0.1, 0.15) is 0 Å². The van der Waals surface area contributed by atoms with Crippen LogP contribution in [0.5, 0.6) is 0 Å². The number of hydrogen-bond donors (Lipinski definition) is 2. The molecular weight excluding hydrogens is 226 g/mol. The van der Waals surface area contributed by atoms with E-state index in [0.717, 1.165) is 11.3 Å². The SMILES string of the molecule is C=Cc1ccc(N)cc1.O=C(O)c1ccccc1. The fraction of sp³-hybridized carbons (Fsp3) is 0. The monoisotopic (exact) mass is 241 g/mol. The van der Waals surface area contributed by atoms with E-state index in [1.807, 2.05) is 24.3 Å². The van der Waals surface area contributed by atoms with Crippen molar-refractivity contribution < 1.29 is 9.90 Å². The summed E-state index contributed by atoms with van der Waals surface area (Å²) in [6, 6.07) is 15.9. The maximum atomic E-state index is 10.2. The summed E-state index contributed by atoms with van der Waals surface area (Å²) in [5, 5.41) is 8.38. The van der Waals surface area contributed by atoms with Gasteiger partial charge < -0.3 is 10.8 Å². The third-order valence-electron chi connectivity index (χ3n) is 2.19. The molecule has 0 atom stereocenters. The summed E-state index contributed by atoms with van der Waals surface area (Å²) >= 11 is 0. The molecule has 0 unspecified atom stereocenters. The molecule has 3 N–H and O–H groups in total. The Balaban J connectivity index is 0.000000180. The average molecular weight is 241 g/mol. The molecule has 0 aliphatic carbocycles. The number of carboxylic acids is 1. The van der Waals surface area contributed by atoms with Crippen LogP contribution in [0.4, 0.5) is 5.69 Å². The van der Waals surface area contributed by atoms with Crippen LogP contribution in [0.15, 0.2) is 61.2 Å². The van der Waals surface area contributed by atoms with E-state index in [1.54, 1.807) is 36.4 Å². The summed E-state index contributed by atoms with van der Waals surface area (Å²) in [6.45, 7) is 3.62. The van der Waals surface area contributed by atoms with Crippen molar-refractivity contribution in [1.82, 2.24) is 0 Å². The molecule has 2 aromatic carbocycles. The summed E-state index contributed by atoms with van der Waals surface area (Å²) < 4.78 is 0. The Labute approximate surface area is 106 Å². The van der Waals surface area contributed by atoms with Gasteiger partial charge in [0, 0.05) is 5.69 Å². The number of nitrogens with two attached hydrogens (primary N) is 1. The van der Waals surface area contributed by atoms with Crippen LogP contribution in [-0.4, -0.2) is 11.1 Å². The third-order valence-corrected chi connectivity index (χ3v) is 2.19. The molecule has 18 heavy (non-hydrogen) atoms. The van der Waals surface area contributed by atoms with Gasteiger partial charge in [-0.1, -0.05) is 43.0 Å². The summed E-state index contributed by atoms with van der Waals surface area (Å²) in [7, 11) is 0. The molecule has 0 amide bonds. The van der Waals surface area contributed by atoms with Gasteiger partial charge in [-0.25, -0.2) is 4.79 Å². The Bertz CT molecular complexity index is 504. The third kappa shape index (κ3) is 4.53. The van der Waals surface area contributed by atoms with Crippen molar-refractivity contribution in [1.29, 1.82) is 0 Å². The number of rotatable bonds is 2. The van der Waals surface area contributed by atoms with Gasteiger partial charge in [0.2, 0.25) is 0 Å². The van der Waals surface area contributed by atoms with Crippen LogP contribution in [0.25, 0.3) is 6.08 Å². The molecule has 0 aliphatic rings. The van der Waals surface area contributed by atoms with Crippen molar-refractivity contribution in [2.24, 2.45) is 0 Å². The zero-order valence-corrected chi connectivity index (χ0v) is 9.91. The van der Waals surface area contributed by atoms with E-state index >= 15 is 0 Å². The second-order valence-electron chi connectivity index (χ2n) is 3.54. The molecule has 3 heteroatoms. The van der Waals surface area contributed by atoms with Crippen molar-refractivity contribution in [2.45, 2.75) is 0 Å². The molecule has 0 aliphatic heterocycles. The minimum absolute atomic E-state index is 0.331. The molecule has 0 bridgehead atoms. The maximum absolute atomic E-state index is 10.2.